The third kappa shape index (κ3) is 3.43. The van der Waals surface area contributed by atoms with E-state index in [2.05, 4.69) is 20.8 Å². The Bertz CT molecular complexity index is 673. The second-order valence-electron chi connectivity index (χ2n) is 3.71. The van der Waals surface area contributed by atoms with Gasteiger partial charge in [-0.1, -0.05) is 22.9 Å². The van der Waals surface area contributed by atoms with Crippen LogP contribution in [0.15, 0.2) is 18.2 Å². The number of rotatable bonds is 3. The number of carboxylic acids is 1. The Hall–Kier alpha value is -2.19. The summed E-state index contributed by atoms with van der Waals surface area (Å²) in [7, 11) is 0. The van der Waals surface area contributed by atoms with Crippen LogP contribution >= 0.6 is 22.9 Å². The zero-order chi connectivity index (χ0) is 14.7. The van der Waals surface area contributed by atoms with Crippen molar-refractivity contribution < 1.29 is 14.7 Å². The number of nitrogens with zero attached hydrogens (tertiary/aromatic N) is 2. The molecule has 0 aliphatic carbocycles. The number of hydrogen-bond donors (Lipinski definition) is 3. The molecule has 0 bridgehead atoms. The van der Waals surface area contributed by atoms with Gasteiger partial charge >= 0.3 is 12.0 Å². The number of aromatic nitrogens is 2. The van der Waals surface area contributed by atoms with E-state index in [-0.39, 0.29) is 10.6 Å². The number of benzene rings is 1. The van der Waals surface area contributed by atoms with Gasteiger partial charge in [-0.2, -0.15) is 0 Å². The predicted octanol–water partition coefficient (Wildman–Crippen LogP) is 2.84. The molecule has 0 saturated carbocycles. The number of aryl methyl sites for hydroxylation is 1. The maximum Gasteiger partial charge on any atom is 0.337 e. The van der Waals surface area contributed by atoms with Crippen LogP contribution in [-0.4, -0.2) is 27.3 Å². The summed E-state index contributed by atoms with van der Waals surface area (Å²) in [4.78, 5) is 22.6. The van der Waals surface area contributed by atoms with Crippen molar-refractivity contribution in [2.75, 3.05) is 10.6 Å². The minimum absolute atomic E-state index is 0.0868. The first-order valence-electron chi connectivity index (χ1n) is 5.36. The van der Waals surface area contributed by atoms with E-state index in [4.69, 9.17) is 16.7 Å². The van der Waals surface area contributed by atoms with Gasteiger partial charge in [0, 0.05) is 5.69 Å². The van der Waals surface area contributed by atoms with E-state index < -0.39 is 12.0 Å². The van der Waals surface area contributed by atoms with Crippen molar-refractivity contribution in [2.24, 2.45) is 0 Å². The number of anilines is 2. The van der Waals surface area contributed by atoms with Gasteiger partial charge in [0.15, 0.2) is 0 Å². The molecule has 0 unspecified atom stereocenters. The van der Waals surface area contributed by atoms with Crippen LogP contribution in [0, 0.1) is 6.92 Å². The fourth-order valence-corrected chi connectivity index (χ4v) is 2.16. The van der Waals surface area contributed by atoms with E-state index in [1.54, 1.807) is 6.92 Å². The number of nitrogens with one attached hydrogen (secondary N) is 2. The first-order valence-corrected chi connectivity index (χ1v) is 6.56. The molecule has 0 atom stereocenters. The largest absolute Gasteiger partial charge is 0.478 e. The van der Waals surface area contributed by atoms with E-state index in [1.165, 1.54) is 29.5 Å². The van der Waals surface area contributed by atoms with Crippen molar-refractivity contribution >= 4 is 45.8 Å². The highest BCUT2D eigenvalue weighted by molar-refractivity contribution is 7.15. The zero-order valence-electron chi connectivity index (χ0n) is 10.2. The van der Waals surface area contributed by atoms with Crippen LogP contribution in [0.3, 0.4) is 0 Å². The third-order valence-corrected chi connectivity index (χ3v) is 3.28. The maximum atomic E-state index is 11.7. The topological polar surface area (TPSA) is 104 Å². The molecule has 0 radical (unpaired) electrons. The molecule has 2 amide bonds. The average molecular weight is 313 g/mol. The average Bonchev–Trinajstić information content (AvgIpc) is 2.76. The summed E-state index contributed by atoms with van der Waals surface area (Å²) in [6.07, 6.45) is 0. The van der Waals surface area contributed by atoms with Crippen molar-refractivity contribution in [1.29, 1.82) is 0 Å². The van der Waals surface area contributed by atoms with Crippen molar-refractivity contribution in [3.8, 4) is 0 Å². The molecule has 1 heterocycles. The van der Waals surface area contributed by atoms with Gasteiger partial charge in [-0.25, -0.2) is 9.59 Å². The highest BCUT2D eigenvalue weighted by Crippen LogP contribution is 2.21. The van der Waals surface area contributed by atoms with Crippen molar-refractivity contribution in [1.82, 2.24) is 10.2 Å². The van der Waals surface area contributed by atoms with Crippen LogP contribution in [0.4, 0.5) is 15.6 Å². The highest BCUT2D eigenvalue weighted by atomic mass is 35.5. The van der Waals surface area contributed by atoms with Gasteiger partial charge in [0.2, 0.25) is 5.13 Å². The minimum Gasteiger partial charge on any atom is -0.478 e. The molecule has 2 aromatic rings. The first-order chi connectivity index (χ1) is 9.45. The number of carboxylic acid groups (broad SMARTS) is 1. The monoisotopic (exact) mass is 312 g/mol. The lowest BCUT2D eigenvalue weighted by atomic mass is 10.2. The summed E-state index contributed by atoms with van der Waals surface area (Å²) in [5.74, 6) is -1.17. The smallest absolute Gasteiger partial charge is 0.337 e. The number of carbonyl (C=O) groups is 2. The number of halogens is 1. The Kier molecular flexibility index (Phi) is 4.16. The minimum atomic E-state index is -1.17. The van der Waals surface area contributed by atoms with Crippen LogP contribution in [0.1, 0.15) is 15.4 Å². The molecule has 104 valence electrons. The predicted molar refractivity (Wildman–Crippen MR) is 75.7 cm³/mol. The SMILES string of the molecule is Cc1nnc(NC(=O)Nc2ccc(Cl)c(C(=O)O)c2)s1. The van der Waals surface area contributed by atoms with Crippen LogP contribution in [0.5, 0.6) is 0 Å². The number of hydrogen-bond acceptors (Lipinski definition) is 5. The zero-order valence-corrected chi connectivity index (χ0v) is 11.7. The third-order valence-electron chi connectivity index (χ3n) is 2.20. The van der Waals surface area contributed by atoms with Crippen LogP contribution in [0.25, 0.3) is 0 Å². The lowest BCUT2D eigenvalue weighted by Gasteiger charge is -2.06. The maximum absolute atomic E-state index is 11.7. The Morgan fingerprint density at radius 1 is 1.30 bits per heavy atom. The fraction of sp³-hybridized carbons (Fsp3) is 0.0909. The molecule has 0 aliphatic rings. The Balaban J connectivity index is 2.08. The molecule has 20 heavy (non-hydrogen) atoms. The molecule has 2 rings (SSSR count). The normalized spacial score (nSPS) is 10.1. The van der Waals surface area contributed by atoms with Gasteiger partial charge < -0.3 is 10.4 Å². The van der Waals surface area contributed by atoms with Gasteiger partial charge in [-0.05, 0) is 25.1 Å². The Labute approximate surface area is 122 Å². The standard InChI is InChI=1S/C11H9ClN4O3S/c1-5-15-16-11(20-5)14-10(19)13-6-2-3-8(12)7(4-6)9(17)18/h2-4H,1H3,(H,17,18)(H2,13,14,16,19). The van der Waals surface area contributed by atoms with Gasteiger partial charge in [-0.15, -0.1) is 10.2 Å². The van der Waals surface area contributed by atoms with Crippen molar-refractivity contribution in [3.63, 3.8) is 0 Å². The summed E-state index contributed by atoms with van der Waals surface area (Å²) < 4.78 is 0. The molecule has 0 fully saturated rings. The van der Waals surface area contributed by atoms with Gasteiger partial charge in [-0.3, -0.25) is 5.32 Å². The van der Waals surface area contributed by atoms with Crippen LogP contribution in [0.2, 0.25) is 5.02 Å². The molecular weight excluding hydrogens is 304 g/mol. The summed E-state index contributed by atoms with van der Waals surface area (Å²) in [5.41, 5.74) is 0.224. The number of urea groups is 1. The second-order valence-corrected chi connectivity index (χ2v) is 5.29. The summed E-state index contributed by atoms with van der Waals surface area (Å²) in [5, 5.41) is 22.6. The molecule has 1 aromatic carbocycles. The van der Waals surface area contributed by atoms with E-state index in [0.717, 1.165) is 5.01 Å². The molecular formula is C11H9ClN4O3S. The molecule has 9 heteroatoms. The van der Waals surface area contributed by atoms with Gasteiger partial charge in [0.1, 0.15) is 5.01 Å². The number of carbonyl (C=O) groups excluding carboxylic acids is 1. The van der Waals surface area contributed by atoms with E-state index in [9.17, 15) is 9.59 Å². The molecule has 0 saturated heterocycles. The summed E-state index contributed by atoms with van der Waals surface area (Å²) in [6.45, 7) is 1.76. The molecule has 3 N–H and O–H groups in total. The quantitative estimate of drug-likeness (QED) is 0.808. The number of amides is 2. The van der Waals surface area contributed by atoms with Crippen molar-refractivity contribution in [2.45, 2.75) is 6.92 Å². The van der Waals surface area contributed by atoms with Crippen LogP contribution < -0.4 is 10.6 Å². The van der Waals surface area contributed by atoms with E-state index in [0.29, 0.717) is 10.8 Å². The molecule has 0 aliphatic heterocycles. The molecule has 0 spiro atoms. The molecule has 1 aromatic heterocycles. The summed E-state index contributed by atoms with van der Waals surface area (Å²) >= 11 is 6.96. The Morgan fingerprint density at radius 2 is 2.05 bits per heavy atom. The number of aromatic carboxylic acids is 1. The summed E-state index contributed by atoms with van der Waals surface area (Å²) in [6, 6.07) is 3.63. The van der Waals surface area contributed by atoms with Crippen LogP contribution in [-0.2, 0) is 0 Å². The Morgan fingerprint density at radius 3 is 2.65 bits per heavy atom. The fourth-order valence-electron chi connectivity index (χ4n) is 1.37. The van der Waals surface area contributed by atoms with Gasteiger partial charge in [0.25, 0.3) is 0 Å². The van der Waals surface area contributed by atoms with E-state index >= 15 is 0 Å². The highest BCUT2D eigenvalue weighted by Gasteiger charge is 2.11. The second kappa shape index (κ2) is 5.85. The molecule has 7 nitrogen and oxygen atoms in total. The lowest BCUT2D eigenvalue weighted by Crippen LogP contribution is -2.19. The van der Waals surface area contributed by atoms with Crippen molar-refractivity contribution in [3.05, 3.63) is 33.8 Å². The van der Waals surface area contributed by atoms with Gasteiger partial charge in [0.05, 0.1) is 10.6 Å². The first kappa shape index (κ1) is 14.2. The van der Waals surface area contributed by atoms with E-state index in [1.807, 2.05) is 0 Å². The lowest BCUT2D eigenvalue weighted by molar-refractivity contribution is 0.0697.